The lowest BCUT2D eigenvalue weighted by Gasteiger charge is -2.12. The highest BCUT2D eigenvalue weighted by molar-refractivity contribution is 5.81. The topological polar surface area (TPSA) is 99.1 Å². The quantitative estimate of drug-likeness (QED) is 0.624. The Hall–Kier alpha value is -2.53. The van der Waals surface area contributed by atoms with Crippen LogP contribution in [0.5, 0.6) is 0 Å². The van der Waals surface area contributed by atoms with E-state index in [-0.39, 0.29) is 6.15 Å². The van der Waals surface area contributed by atoms with E-state index in [0.717, 1.165) is 27.9 Å². The molecule has 116 valence electrons. The second kappa shape index (κ2) is 6.07. The van der Waals surface area contributed by atoms with Gasteiger partial charge in [0.2, 0.25) is 5.89 Å². The van der Waals surface area contributed by atoms with Crippen molar-refractivity contribution in [2.24, 2.45) is 0 Å². The lowest BCUT2D eigenvalue weighted by Crippen LogP contribution is -2.11. The molecule has 6 N–H and O–H groups in total. The van der Waals surface area contributed by atoms with Crippen LogP contribution in [0.3, 0.4) is 0 Å². The van der Waals surface area contributed by atoms with Crippen LogP contribution in [-0.4, -0.2) is 11.0 Å². The fraction of sp³-hybridized carbons (Fsp3) is 0.235. The van der Waals surface area contributed by atoms with E-state index in [9.17, 15) is 0 Å². The molecule has 0 saturated heterocycles. The number of nitrogens with zero attached hydrogens (tertiary/aromatic N) is 1. The Morgan fingerprint density at radius 3 is 2.59 bits per heavy atom. The van der Waals surface area contributed by atoms with Gasteiger partial charge < -0.3 is 21.6 Å². The Kier molecular flexibility index (Phi) is 4.37. The summed E-state index contributed by atoms with van der Waals surface area (Å²) in [6.45, 7) is 6.19. The second-order valence-electron chi connectivity index (χ2n) is 5.54. The zero-order valence-corrected chi connectivity index (χ0v) is 13.2. The number of para-hydroxylation sites is 1. The first-order valence-corrected chi connectivity index (χ1v) is 7.07. The van der Waals surface area contributed by atoms with Crippen LogP contribution in [0.4, 0.5) is 11.4 Å². The number of nitrogen functional groups attached to an aromatic ring is 1. The molecule has 0 aliphatic heterocycles. The minimum atomic E-state index is 0. The first kappa shape index (κ1) is 15.9. The molecule has 0 radical (unpaired) electrons. The van der Waals surface area contributed by atoms with Gasteiger partial charge >= 0.3 is 0 Å². The molecule has 22 heavy (non-hydrogen) atoms. The van der Waals surface area contributed by atoms with Gasteiger partial charge in [0.25, 0.3) is 0 Å². The monoisotopic (exact) mass is 298 g/mol. The smallest absolute Gasteiger partial charge is 0.227 e. The molecule has 5 heteroatoms. The molecule has 2 aromatic carbocycles. The van der Waals surface area contributed by atoms with E-state index in [1.165, 1.54) is 0 Å². The van der Waals surface area contributed by atoms with Gasteiger partial charge in [-0.1, -0.05) is 12.1 Å². The van der Waals surface area contributed by atoms with E-state index >= 15 is 0 Å². The molecule has 0 aliphatic rings. The molecule has 1 heterocycles. The van der Waals surface area contributed by atoms with E-state index in [4.69, 9.17) is 10.2 Å². The predicted octanol–water partition coefficient (Wildman–Crippen LogP) is 4.37. The fourth-order valence-corrected chi connectivity index (χ4v) is 2.35. The van der Waals surface area contributed by atoms with Gasteiger partial charge in [-0.3, -0.25) is 0 Å². The summed E-state index contributed by atoms with van der Waals surface area (Å²) in [7, 11) is 0. The van der Waals surface area contributed by atoms with Crippen molar-refractivity contribution in [2.75, 3.05) is 11.1 Å². The van der Waals surface area contributed by atoms with Crippen molar-refractivity contribution in [1.29, 1.82) is 0 Å². The summed E-state index contributed by atoms with van der Waals surface area (Å²) in [6, 6.07) is 12.1. The van der Waals surface area contributed by atoms with E-state index in [0.29, 0.717) is 17.6 Å². The van der Waals surface area contributed by atoms with Gasteiger partial charge in [0, 0.05) is 11.6 Å². The van der Waals surface area contributed by atoms with Crippen LogP contribution in [0, 0.1) is 6.92 Å². The number of hydrogen-bond acceptors (Lipinski definition) is 5. The summed E-state index contributed by atoms with van der Waals surface area (Å²) < 4.78 is 5.82. The molecule has 0 fully saturated rings. The number of aryl methyl sites for hydroxylation is 1. The standard InChI is InChI=1S/C17H19N3O.H3N/c1-10(2)19-14-8-7-12(9-13(14)18)17-20-16-11(3)5-4-6-15(16)21-17;/h4-10,19H,18H2,1-3H3;1H3. The number of fused-ring (bicyclic) bond motifs is 1. The van der Waals surface area contributed by atoms with Gasteiger partial charge in [0.15, 0.2) is 5.58 Å². The summed E-state index contributed by atoms with van der Waals surface area (Å²) in [5.74, 6) is 0.599. The lowest BCUT2D eigenvalue weighted by atomic mass is 10.1. The highest BCUT2D eigenvalue weighted by Gasteiger charge is 2.11. The van der Waals surface area contributed by atoms with Crippen LogP contribution >= 0.6 is 0 Å². The largest absolute Gasteiger partial charge is 0.436 e. The number of aromatic nitrogens is 1. The fourth-order valence-electron chi connectivity index (χ4n) is 2.35. The Labute approximate surface area is 130 Å². The Morgan fingerprint density at radius 1 is 1.18 bits per heavy atom. The molecule has 0 amide bonds. The second-order valence-corrected chi connectivity index (χ2v) is 5.54. The molecular weight excluding hydrogens is 276 g/mol. The molecule has 3 rings (SSSR count). The number of hydrogen-bond donors (Lipinski definition) is 3. The average molecular weight is 298 g/mol. The highest BCUT2D eigenvalue weighted by Crippen LogP contribution is 2.30. The van der Waals surface area contributed by atoms with Gasteiger partial charge in [-0.05, 0) is 50.6 Å². The van der Waals surface area contributed by atoms with Gasteiger partial charge in [-0.2, -0.15) is 0 Å². The van der Waals surface area contributed by atoms with Crippen LogP contribution in [0.2, 0.25) is 0 Å². The number of anilines is 2. The van der Waals surface area contributed by atoms with E-state index in [1.54, 1.807) is 0 Å². The molecule has 0 spiro atoms. The number of benzene rings is 2. The predicted molar refractivity (Wildman–Crippen MR) is 92.4 cm³/mol. The van der Waals surface area contributed by atoms with Crippen LogP contribution in [0.15, 0.2) is 40.8 Å². The van der Waals surface area contributed by atoms with Crippen LogP contribution < -0.4 is 17.2 Å². The van der Waals surface area contributed by atoms with Crippen LogP contribution in [0.1, 0.15) is 19.4 Å². The first-order chi connectivity index (χ1) is 10.0. The van der Waals surface area contributed by atoms with Crippen molar-refractivity contribution in [1.82, 2.24) is 11.1 Å². The third-order valence-electron chi connectivity index (χ3n) is 3.36. The van der Waals surface area contributed by atoms with E-state index < -0.39 is 0 Å². The zero-order valence-electron chi connectivity index (χ0n) is 13.2. The average Bonchev–Trinajstić information content (AvgIpc) is 2.86. The van der Waals surface area contributed by atoms with E-state index in [1.807, 2.05) is 43.3 Å². The summed E-state index contributed by atoms with van der Waals surface area (Å²) in [4.78, 5) is 4.57. The third-order valence-corrected chi connectivity index (χ3v) is 3.36. The van der Waals surface area contributed by atoms with Crippen molar-refractivity contribution in [3.8, 4) is 11.5 Å². The minimum Gasteiger partial charge on any atom is -0.436 e. The van der Waals surface area contributed by atoms with E-state index in [2.05, 4.69) is 24.1 Å². The molecule has 1 aromatic heterocycles. The number of rotatable bonds is 3. The molecule has 0 atom stereocenters. The van der Waals surface area contributed by atoms with Crippen molar-refractivity contribution in [3.63, 3.8) is 0 Å². The van der Waals surface area contributed by atoms with Crippen molar-refractivity contribution < 1.29 is 4.42 Å². The maximum atomic E-state index is 6.10. The Bertz CT molecular complexity index is 792. The normalized spacial score (nSPS) is 10.7. The molecule has 0 aliphatic carbocycles. The SMILES string of the molecule is Cc1cccc2oc(-c3ccc(NC(C)C)c(N)c3)nc12.N. The maximum Gasteiger partial charge on any atom is 0.227 e. The van der Waals surface area contributed by atoms with Gasteiger partial charge in [0.05, 0.1) is 11.4 Å². The number of nitrogens with one attached hydrogen (secondary N) is 1. The van der Waals surface area contributed by atoms with Gasteiger partial charge in [0.1, 0.15) is 5.52 Å². The van der Waals surface area contributed by atoms with Gasteiger partial charge in [-0.15, -0.1) is 0 Å². The molecular formula is C17H22N4O. The van der Waals surface area contributed by atoms with Crippen molar-refractivity contribution in [2.45, 2.75) is 26.8 Å². The van der Waals surface area contributed by atoms with Gasteiger partial charge in [-0.25, -0.2) is 4.98 Å². The summed E-state index contributed by atoms with van der Waals surface area (Å²) >= 11 is 0. The zero-order chi connectivity index (χ0) is 15.0. The third kappa shape index (κ3) is 2.89. The van der Waals surface area contributed by atoms with Crippen molar-refractivity contribution in [3.05, 3.63) is 42.0 Å². The molecule has 3 aromatic rings. The first-order valence-electron chi connectivity index (χ1n) is 7.07. The minimum absolute atomic E-state index is 0. The lowest BCUT2D eigenvalue weighted by molar-refractivity contribution is 0.620. The maximum absolute atomic E-state index is 6.10. The van der Waals surface area contributed by atoms with Crippen LogP contribution in [-0.2, 0) is 0 Å². The summed E-state index contributed by atoms with van der Waals surface area (Å²) in [6.07, 6.45) is 0. The molecule has 0 saturated carbocycles. The molecule has 0 unspecified atom stereocenters. The Balaban J connectivity index is 0.00000176. The summed E-state index contributed by atoms with van der Waals surface area (Å²) in [5.41, 5.74) is 11.4. The summed E-state index contributed by atoms with van der Waals surface area (Å²) in [5, 5.41) is 3.31. The van der Waals surface area contributed by atoms with Crippen molar-refractivity contribution >= 4 is 22.5 Å². The molecule has 0 bridgehead atoms. The number of oxazole rings is 1. The molecule has 5 nitrogen and oxygen atoms in total. The van der Waals surface area contributed by atoms with Crippen LogP contribution in [0.25, 0.3) is 22.6 Å². The highest BCUT2D eigenvalue weighted by atomic mass is 16.3. The Morgan fingerprint density at radius 2 is 1.95 bits per heavy atom. The number of nitrogens with two attached hydrogens (primary N) is 1.